The van der Waals surface area contributed by atoms with Gasteiger partial charge in [0.05, 0.1) is 5.02 Å². The van der Waals surface area contributed by atoms with Crippen molar-refractivity contribution in [3.63, 3.8) is 0 Å². The van der Waals surface area contributed by atoms with Crippen molar-refractivity contribution in [2.45, 2.75) is 25.7 Å². The van der Waals surface area contributed by atoms with Crippen LogP contribution in [0, 0.1) is 5.41 Å². The third kappa shape index (κ3) is 5.65. The molecule has 7 heteroatoms. The van der Waals surface area contributed by atoms with E-state index >= 15 is 0 Å². The van der Waals surface area contributed by atoms with Gasteiger partial charge in [0.1, 0.15) is 11.7 Å². The molecule has 1 aromatic heterocycles. The summed E-state index contributed by atoms with van der Waals surface area (Å²) >= 11 is 5.85. The molecule has 1 fully saturated rings. The number of benzene rings is 2. The summed E-state index contributed by atoms with van der Waals surface area (Å²) in [5, 5.41) is 11.7. The average Bonchev–Trinajstić information content (AvgIpc) is 2.86. The van der Waals surface area contributed by atoms with Crippen LogP contribution in [0.25, 0.3) is 0 Å². The molecule has 0 atom stereocenters. The summed E-state index contributed by atoms with van der Waals surface area (Å²) in [5.41, 5.74) is 2.42. The van der Waals surface area contributed by atoms with Crippen LogP contribution in [0.4, 0.5) is 5.82 Å². The minimum atomic E-state index is -0.335. The van der Waals surface area contributed by atoms with E-state index in [0.29, 0.717) is 33.4 Å². The molecule has 0 bridgehead atoms. The van der Waals surface area contributed by atoms with E-state index in [1.165, 1.54) is 12.6 Å². The van der Waals surface area contributed by atoms with Crippen molar-refractivity contribution in [1.29, 1.82) is 5.41 Å². The van der Waals surface area contributed by atoms with Crippen LogP contribution in [-0.4, -0.2) is 40.5 Å². The minimum Gasteiger partial charge on any atom is -0.357 e. The smallest absolute Gasteiger partial charge is 0.257 e. The summed E-state index contributed by atoms with van der Waals surface area (Å²) in [5.74, 6) is 0.471. The lowest BCUT2D eigenvalue weighted by atomic mass is 9.97. The van der Waals surface area contributed by atoms with E-state index in [1.54, 1.807) is 42.5 Å². The molecule has 1 aliphatic heterocycles. The Morgan fingerprint density at radius 1 is 0.939 bits per heavy atom. The maximum atomic E-state index is 12.9. The van der Waals surface area contributed by atoms with Gasteiger partial charge in [-0.15, -0.1) is 0 Å². The fraction of sp³-hybridized carbons (Fsp3) is 0.231. The van der Waals surface area contributed by atoms with Crippen LogP contribution in [0.1, 0.15) is 51.1 Å². The van der Waals surface area contributed by atoms with Gasteiger partial charge in [-0.1, -0.05) is 54.1 Å². The second kappa shape index (κ2) is 10.4. The number of hydrogen-bond acceptors (Lipinski definition) is 4. The Bertz CT molecular complexity index is 1150. The molecular formula is C26H25ClN4O2. The number of pyridine rings is 1. The monoisotopic (exact) mass is 460 g/mol. The standard InChI is InChI=1S/C26H25ClN4O2/c27-21-12-13-24(29-17-21)30-26(33)22-7-3-2-6-20(22)16-23(32)18-8-10-19(11-9-18)25(28)31-14-4-1-5-15-31/h2-3,6-13,17,28H,1,4-5,14-16H2,(H,29,30,33). The lowest BCUT2D eigenvalue weighted by Crippen LogP contribution is -2.35. The summed E-state index contributed by atoms with van der Waals surface area (Å²) in [6.07, 6.45) is 4.99. The molecule has 0 aliphatic carbocycles. The van der Waals surface area contributed by atoms with Gasteiger partial charge in [0.25, 0.3) is 5.91 Å². The minimum absolute atomic E-state index is 0.0871. The largest absolute Gasteiger partial charge is 0.357 e. The molecule has 0 saturated carbocycles. The molecular weight excluding hydrogens is 436 g/mol. The number of rotatable bonds is 6. The highest BCUT2D eigenvalue weighted by Gasteiger charge is 2.17. The number of anilines is 1. The van der Waals surface area contributed by atoms with Gasteiger partial charge in [-0.25, -0.2) is 4.98 Å². The number of piperidine rings is 1. The fourth-order valence-corrected chi connectivity index (χ4v) is 4.03. The van der Waals surface area contributed by atoms with E-state index in [9.17, 15) is 9.59 Å². The van der Waals surface area contributed by atoms with Crippen LogP contribution in [0.15, 0.2) is 66.9 Å². The van der Waals surface area contributed by atoms with Gasteiger partial charge in [0, 0.05) is 42.4 Å². The zero-order chi connectivity index (χ0) is 23.2. The number of hydrogen-bond donors (Lipinski definition) is 2. The van der Waals surface area contributed by atoms with Crippen LogP contribution < -0.4 is 5.32 Å². The molecule has 0 unspecified atom stereocenters. The number of likely N-dealkylation sites (tertiary alicyclic amines) is 1. The Kier molecular flexibility index (Phi) is 7.15. The third-order valence-corrected chi connectivity index (χ3v) is 5.96. The van der Waals surface area contributed by atoms with Gasteiger partial charge < -0.3 is 10.2 Å². The highest BCUT2D eigenvalue weighted by atomic mass is 35.5. The number of nitrogens with one attached hydrogen (secondary N) is 2. The van der Waals surface area contributed by atoms with Gasteiger partial charge in [-0.05, 0) is 43.0 Å². The summed E-state index contributed by atoms with van der Waals surface area (Å²) in [4.78, 5) is 31.9. The van der Waals surface area contributed by atoms with Crippen LogP contribution in [0.3, 0.4) is 0 Å². The highest BCUT2D eigenvalue weighted by Crippen LogP contribution is 2.18. The maximum absolute atomic E-state index is 12.9. The van der Waals surface area contributed by atoms with Gasteiger partial charge in [-0.3, -0.25) is 15.0 Å². The number of aromatic nitrogens is 1. The molecule has 4 rings (SSSR count). The number of ketones is 1. The normalized spacial score (nSPS) is 13.4. The fourth-order valence-electron chi connectivity index (χ4n) is 3.92. The Morgan fingerprint density at radius 2 is 1.64 bits per heavy atom. The first kappa shape index (κ1) is 22.7. The van der Waals surface area contributed by atoms with Gasteiger partial charge in [0.2, 0.25) is 0 Å². The summed E-state index contributed by atoms with van der Waals surface area (Å²) < 4.78 is 0. The van der Waals surface area contributed by atoms with Gasteiger partial charge >= 0.3 is 0 Å². The highest BCUT2D eigenvalue weighted by molar-refractivity contribution is 6.30. The first-order valence-electron chi connectivity index (χ1n) is 11.0. The number of halogens is 1. The molecule has 2 N–H and O–H groups in total. The van der Waals surface area contributed by atoms with E-state index in [-0.39, 0.29) is 18.1 Å². The molecule has 0 radical (unpaired) electrons. The molecule has 0 spiro atoms. The molecule has 1 saturated heterocycles. The summed E-state index contributed by atoms with van der Waals surface area (Å²) in [6, 6.07) is 17.5. The Morgan fingerprint density at radius 3 is 2.33 bits per heavy atom. The molecule has 168 valence electrons. The quantitative estimate of drug-likeness (QED) is 0.300. The zero-order valence-electron chi connectivity index (χ0n) is 18.2. The second-order valence-corrected chi connectivity index (χ2v) is 8.48. The van der Waals surface area contributed by atoms with Crippen molar-refractivity contribution in [1.82, 2.24) is 9.88 Å². The van der Waals surface area contributed by atoms with Crippen LogP contribution in [-0.2, 0) is 6.42 Å². The molecule has 2 heterocycles. The average molecular weight is 461 g/mol. The Balaban J connectivity index is 1.44. The number of carbonyl (C=O) groups is 2. The van der Waals surface area contributed by atoms with E-state index < -0.39 is 0 Å². The molecule has 1 amide bonds. The summed E-state index contributed by atoms with van der Waals surface area (Å²) in [6.45, 7) is 1.81. The predicted molar refractivity (Wildman–Crippen MR) is 130 cm³/mol. The van der Waals surface area contributed by atoms with Crippen molar-refractivity contribution in [3.05, 3.63) is 94.1 Å². The predicted octanol–water partition coefficient (Wildman–Crippen LogP) is 5.22. The van der Waals surface area contributed by atoms with Crippen LogP contribution in [0.5, 0.6) is 0 Å². The van der Waals surface area contributed by atoms with Crippen LogP contribution in [0.2, 0.25) is 5.02 Å². The Hall–Kier alpha value is -3.51. The van der Waals surface area contributed by atoms with E-state index in [0.717, 1.165) is 31.5 Å². The van der Waals surface area contributed by atoms with Crippen molar-refractivity contribution < 1.29 is 9.59 Å². The number of carbonyl (C=O) groups excluding carboxylic acids is 2. The van der Waals surface area contributed by atoms with E-state index in [2.05, 4.69) is 15.2 Å². The summed E-state index contributed by atoms with van der Waals surface area (Å²) in [7, 11) is 0. The lowest BCUT2D eigenvalue weighted by Gasteiger charge is -2.29. The SMILES string of the molecule is N=C(c1ccc(C(=O)Cc2ccccc2C(=O)Nc2ccc(Cl)cn2)cc1)N1CCCCC1. The van der Waals surface area contributed by atoms with Crippen molar-refractivity contribution in [2.24, 2.45) is 0 Å². The van der Waals surface area contributed by atoms with Crippen molar-refractivity contribution >= 4 is 34.9 Å². The molecule has 2 aromatic carbocycles. The van der Waals surface area contributed by atoms with Crippen molar-refractivity contribution in [3.8, 4) is 0 Å². The first-order chi connectivity index (χ1) is 16.0. The lowest BCUT2D eigenvalue weighted by molar-refractivity contribution is 0.0992. The van der Waals surface area contributed by atoms with Crippen LogP contribution >= 0.6 is 11.6 Å². The third-order valence-electron chi connectivity index (χ3n) is 5.73. The zero-order valence-corrected chi connectivity index (χ0v) is 18.9. The number of amides is 1. The number of amidine groups is 1. The van der Waals surface area contributed by atoms with Crippen molar-refractivity contribution in [2.75, 3.05) is 18.4 Å². The Labute approximate surface area is 198 Å². The first-order valence-corrected chi connectivity index (χ1v) is 11.4. The molecule has 33 heavy (non-hydrogen) atoms. The number of Topliss-reactive ketones (excluding diaryl/α,β-unsaturated/α-hetero) is 1. The molecule has 1 aliphatic rings. The molecule has 6 nitrogen and oxygen atoms in total. The number of nitrogens with zero attached hydrogens (tertiary/aromatic N) is 2. The molecule has 3 aromatic rings. The maximum Gasteiger partial charge on any atom is 0.257 e. The van der Waals surface area contributed by atoms with E-state index in [4.69, 9.17) is 17.0 Å². The van der Waals surface area contributed by atoms with Gasteiger partial charge in [0.15, 0.2) is 5.78 Å². The van der Waals surface area contributed by atoms with E-state index in [1.807, 2.05) is 18.2 Å². The van der Waals surface area contributed by atoms with Gasteiger partial charge in [-0.2, -0.15) is 0 Å². The second-order valence-electron chi connectivity index (χ2n) is 8.05. The topological polar surface area (TPSA) is 86.1 Å².